The molecule has 2 rings (SSSR count). The summed E-state index contributed by atoms with van der Waals surface area (Å²) in [4.78, 5) is 25.2. The van der Waals surface area contributed by atoms with E-state index in [-0.39, 0.29) is 18.2 Å². The summed E-state index contributed by atoms with van der Waals surface area (Å²) in [7, 11) is 0. The minimum absolute atomic E-state index is 0.105. The summed E-state index contributed by atoms with van der Waals surface area (Å²) >= 11 is 7.42. The molecule has 1 aliphatic rings. The average Bonchev–Trinajstić information content (AvgIpc) is 2.35. The normalized spacial score (nSPS) is 14.9. The molecule has 0 spiro atoms. The Morgan fingerprint density at radius 2 is 1.95 bits per heavy atom. The number of carbonyl (C=O) groups excluding carboxylic acids is 1. The zero-order valence-corrected chi connectivity index (χ0v) is 12.5. The molecule has 0 aromatic heterocycles. The number of aliphatic carboxylic acids is 1. The molecule has 1 fully saturated rings. The number of amides is 1. The molecular weight excluding hydrogens is 298 g/mol. The first-order chi connectivity index (χ1) is 9.54. The zero-order chi connectivity index (χ0) is 14.5. The molecule has 0 saturated carbocycles. The van der Waals surface area contributed by atoms with E-state index in [0.717, 1.165) is 10.6 Å². The van der Waals surface area contributed by atoms with E-state index in [4.69, 9.17) is 16.7 Å². The van der Waals surface area contributed by atoms with Crippen LogP contribution in [0.25, 0.3) is 0 Å². The van der Waals surface area contributed by atoms with Crippen molar-refractivity contribution in [1.82, 2.24) is 4.90 Å². The van der Waals surface area contributed by atoms with Crippen molar-refractivity contribution in [3.63, 3.8) is 0 Å². The van der Waals surface area contributed by atoms with Gasteiger partial charge in [0, 0.05) is 41.1 Å². The molecule has 0 aliphatic carbocycles. The van der Waals surface area contributed by atoms with Crippen LogP contribution in [0.1, 0.15) is 12.8 Å². The summed E-state index contributed by atoms with van der Waals surface area (Å²) in [6.45, 7) is 1.16. The maximum absolute atomic E-state index is 11.8. The molecule has 0 radical (unpaired) electrons. The van der Waals surface area contributed by atoms with E-state index in [1.165, 1.54) is 0 Å². The summed E-state index contributed by atoms with van der Waals surface area (Å²) in [5.74, 6) is 0.162. The molecular formula is C14H16ClNO3S. The molecule has 1 aromatic rings. The van der Waals surface area contributed by atoms with Gasteiger partial charge in [-0.1, -0.05) is 11.6 Å². The molecule has 0 atom stereocenters. The fraction of sp³-hybridized carbons (Fsp3) is 0.429. The quantitative estimate of drug-likeness (QED) is 0.820. The Morgan fingerprint density at radius 1 is 1.30 bits per heavy atom. The van der Waals surface area contributed by atoms with Gasteiger partial charge in [-0.05, 0) is 24.3 Å². The third-order valence-corrected chi connectivity index (χ3v) is 4.44. The number of carboxylic acids is 1. The largest absolute Gasteiger partial charge is 0.481 e. The molecule has 108 valence electrons. The number of nitrogens with zero attached hydrogens (tertiary/aromatic N) is 1. The number of thioether (sulfide) groups is 1. The smallest absolute Gasteiger partial charge is 0.303 e. The van der Waals surface area contributed by atoms with Gasteiger partial charge < -0.3 is 10.0 Å². The van der Waals surface area contributed by atoms with Crippen LogP contribution in [0.4, 0.5) is 0 Å². The van der Waals surface area contributed by atoms with E-state index in [1.807, 2.05) is 24.3 Å². The lowest BCUT2D eigenvalue weighted by Crippen LogP contribution is -2.50. The second-order valence-corrected chi connectivity index (χ2v) is 6.42. The Bertz CT molecular complexity index is 486. The highest BCUT2D eigenvalue weighted by Gasteiger charge is 2.31. The van der Waals surface area contributed by atoms with Gasteiger partial charge in [0.15, 0.2) is 0 Å². The number of rotatable bonds is 6. The van der Waals surface area contributed by atoms with Gasteiger partial charge in [-0.25, -0.2) is 0 Å². The van der Waals surface area contributed by atoms with Crippen LogP contribution < -0.4 is 0 Å². The van der Waals surface area contributed by atoms with Crippen molar-refractivity contribution in [2.24, 2.45) is 5.92 Å². The Labute approximate surface area is 127 Å². The van der Waals surface area contributed by atoms with E-state index in [9.17, 15) is 9.59 Å². The first-order valence-electron chi connectivity index (χ1n) is 6.42. The number of benzene rings is 1. The number of halogens is 1. The number of likely N-dealkylation sites (tertiary alicyclic amines) is 1. The standard InChI is InChI=1S/C14H16ClNO3S/c15-11-1-3-12(4-2-11)20-6-5-13(17)16-8-10(9-16)7-14(18)19/h1-4,10H,5-9H2,(H,18,19). The van der Waals surface area contributed by atoms with Gasteiger partial charge in [-0.3, -0.25) is 9.59 Å². The Kier molecular flexibility index (Phi) is 5.31. The highest BCUT2D eigenvalue weighted by Crippen LogP contribution is 2.23. The first kappa shape index (κ1) is 15.2. The molecule has 1 N–H and O–H groups in total. The summed E-state index contributed by atoms with van der Waals surface area (Å²) in [6.07, 6.45) is 0.635. The van der Waals surface area contributed by atoms with Crippen molar-refractivity contribution in [1.29, 1.82) is 0 Å². The molecule has 1 heterocycles. The predicted octanol–water partition coefficient (Wildman–Crippen LogP) is 2.76. The van der Waals surface area contributed by atoms with Crippen molar-refractivity contribution in [3.05, 3.63) is 29.3 Å². The van der Waals surface area contributed by atoms with Gasteiger partial charge in [-0.15, -0.1) is 11.8 Å². The van der Waals surface area contributed by atoms with Gasteiger partial charge >= 0.3 is 5.97 Å². The van der Waals surface area contributed by atoms with Crippen LogP contribution in [-0.2, 0) is 9.59 Å². The fourth-order valence-electron chi connectivity index (χ4n) is 2.09. The van der Waals surface area contributed by atoms with Crippen molar-refractivity contribution >= 4 is 35.2 Å². The SMILES string of the molecule is O=C(O)CC1CN(C(=O)CCSc2ccc(Cl)cc2)C1. The van der Waals surface area contributed by atoms with Crippen molar-refractivity contribution in [2.75, 3.05) is 18.8 Å². The lowest BCUT2D eigenvalue weighted by molar-refractivity contribution is -0.144. The van der Waals surface area contributed by atoms with Crippen LogP contribution in [0.5, 0.6) is 0 Å². The summed E-state index contributed by atoms with van der Waals surface area (Å²) in [6, 6.07) is 7.53. The summed E-state index contributed by atoms with van der Waals surface area (Å²) in [5.41, 5.74) is 0. The van der Waals surface area contributed by atoms with Crippen molar-refractivity contribution in [2.45, 2.75) is 17.7 Å². The second kappa shape index (κ2) is 6.99. The van der Waals surface area contributed by atoms with Gasteiger partial charge in [0.05, 0.1) is 6.42 Å². The monoisotopic (exact) mass is 313 g/mol. The highest BCUT2D eigenvalue weighted by molar-refractivity contribution is 7.99. The number of carboxylic acid groups (broad SMARTS) is 1. The Morgan fingerprint density at radius 3 is 2.55 bits per heavy atom. The predicted molar refractivity (Wildman–Crippen MR) is 79.1 cm³/mol. The Hall–Kier alpha value is -1.20. The molecule has 0 bridgehead atoms. The van der Waals surface area contributed by atoms with Gasteiger partial charge in [0.2, 0.25) is 5.91 Å². The lowest BCUT2D eigenvalue weighted by Gasteiger charge is -2.38. The molecule has 20 heavy (non-hydrogen) atoms. The highest BCUT2D eigenvalue weighted by atomic mass is 35.5. The fourth-order valence-corrected chi connectivity index (χ4v) is 3.06. The van der Waals surface area contributed by atoms with E-state index < -0.39 is 5.97 Å². The minimum Gasteiger partial charge on any atom is -0.481 e. The maximum atomic E-state index is 11.8. The van der Waals surface area contributed by atoms with Crippen LogP contribution in [0, 0.1) is 5.92 Å². The molecule has 6 heteroatoms. The van der Waals surface area contributed by atoms with Crippen LogP contribution in [0.3, 0.4) is 0 Å². The van der Waals surface area contributed by atoms with Crippen molar-refractivity contribution < 1.29 is 14.7 Å². The van der Waals surface area contributed by atoms with E-state index >= 15 is 0 Å². The van der Waals surface area contributed by atoms with E-state index in [2.05, 4.69) is 0 Å². The molecule has 4 nitrogen and oxygen atoms in total. The molecule has 1 saturated heterocycles. The van der Waals surface area contributed by atoms with Crippen LogP contribution >= 0.6 is 23.4 Å². The minimum atomic E-state index is -0.791. The van der Waals surface area contributed by atoms with E-state index in [0.29, 0.717) is 24.5 Å². The molecule has 0 unspecified atom stereocenters. The Balaban J connectivity index is 1.64. The number of hydrogen-bond donors (Lipinski definition) is 1. The van der Waals surface area contributed by atoms with E-state index in [1.54, 1.807) is 16.7 Å². The van der Waals surface area contributed by atoms with Crippen molar-refractivity contribution in [3.8, 4) is 0 Å². The van der Waals surface area contributed by atoms with Gasteiger partial charge in [-0.2, -0.15) is 0 Å². The van der Waals surface area contributed by atoms with Crippen LogP contribution in [0.2, 0.25) is 5.02 Å². The zero-order valence-electron chi connectivity index (χ0n) is 10.9. The summed E-state index contributed by atoms with van der Waals surface area (Å²) in [5, 5.41) is 9.35. The third-order valence-electron chi connectivity index (χ3n) is 3.17. The topological polar surface area (TPSA) is 57.6 Å². The lowest BCUT2D eigenvalue weighted by atomic mass is 9.96. The first-order valence-corrected chi connectivity index (χ1v) is 7.79. The van der Waals surface area contributed by atoms with Gasteiger partial charge in [0.1, 0.15) is 0 Å². The summed E-state index contributed by atoms with van der Waals surface area (Å²) < 4.78 is 0. The average molecular weight is 314 g/mol. The maximum Gasteiger partial charge on any atom is 0.303 e. The number of hydrogen-bond acceptors (Lipinski definition) is 3. The molecule has 1 aliphatic heterocycles. The second-order valence-electron chi connectivity index (χ2n) is 4.81. The third kappa shape index (κ3) is 4.42. The van der Waals surface area contributed by atoms with Crippen LogP contribution in [-0.4, -0.2) is 40.7 Å². The molecule has 1 amide bonds. The van der Waals surface area contributed by atoms with Crippen LogP contribution in [0.15, 0.2) is 29.2 Å². The number of carbonyl (C=O) groups is 2. The molecule has 1 aromatic carbocycles. The van der Waals surface area contributed by atoms with Gasteiger partial charge in [0.25, 0.3) is 0 Å².